The van der Waals surface area contributed by atoms with Gasteiger partial charge in [-0.05, 0) is 39.3 Å². The van der Waals surface area contributed by atoms with Gasteiger partial charge in [0.2, 0.25) is 0 Å². The van der Waals surface area contributed by atoms with E-state index in [1.807, 2.05) is 31.6 Å². The summed E-state index contributed by atoms with van der Waals surface area (Å²) in [6.45, 7) is 8.78. The Kier molecular flexibility index (Phi) is 4.45. The summed E-state index contributed by atoms with van der Waals surface area (Å²) in [4.78, 5) is 4.19. The van der Waals surface area contributed by atoms with Crippen LogP contribution in [0.15, 0.2) is 30.7 Å². The summed E-state index contributed by atoms with van der Waals surface area (Å²) in [6, 6.07) is 6.47. The number of nitrogens with zero attached hydrogens (tertiary/aromatic N) is 2. The van der Waals surface area contributed by atoms with Crippen LogP contribution in [0.25, 0.3) is 0 Å². The first kappa shape index (κ1) is 14.6. The second-order valence-corrected chi connectivity index (χ2v) is 5.50. The molecule has 1 aromatic carbocycles. The number of aryl methyl sites for hydroxylation is 1. The highest BCUT2D eigenvalue weighted by molar-refractivity contribution is 5.39. The van der Waals surface area contributed by atoms with E-state index in [1.54, 1.807) is 0 Å². The molecule has 4 nitrogen and oxygen atoms in total. The number of hydrogen-bond acceptors (Lipinski definition) is 3. The molecule has 1 unspecified atom stereocenters. The van der Waals surface area contributed by atoms with Gasteiger partial charge in [-0.3, -0.25) is 0 Å². The van der Waals surface area contributed by atoms with Gasteiger partial charge in [0.1, 0.15) is 12.4 Å². The molecule has 0 aliphatic heterocycles. The van der Waals surface area contributed by atoms with Gasteiger partial charge >= 0.3 is 0 Å². The van der Waals surface area contributed by atoms with E-state index >= 15 is 0 Å². The molecule has 1 heterocycles. The maximum Gasteiger partial charge on any atom is 0.130 e. The Morgan fingerprint density at radius 3 is 2.70 bits per heavy atom. The molecule has 0 aliphatic rings. The number of aromatic nitrogens is 2. The zero-order valence-electron chi connectivity index (χ0n) is 12.6. The van der Waals surface area contributed by atoms with Gasteiger partial charge in [-0.1, -0.05) is 12.1 Å². The molecule has 1 aromatic heterocycles. The predicted octanol–water partition coefficient (Wildman–Crippen LogP) is 3.37. The average Bonchev–Trinajstić information content (AvgIpc) is 2.84. The third kappa shape index (κ3) is 3.20. The normalized spacial score (nSPS) is 12.7. The second-order valence-electron chi connectivity index (χ2n) is 5.50. The molecular weight excluding hydrogens is 250 g/mol. The van der Waals surface area contributed by atoms with Gasteiger partial charge in [-0.2, -0.15) is 0 Å². The first-order valence-electron chi connectivity index (χ1n) is 6.98. The Morgan fingerprint density at radius 2 is 2.05 bits per heavy atom. The van der Waals surface area contributed by atoms with Crippen LogP contribution in [0.4, 0.5) is 0 Å². The smallest absolute Gasteiger partial charge is 0.130 e. The molecule has 0 radical (unpaired) electrons. The van der Waals surface area contributed by atoms with Gasteiger partial charge < -0.3 is 15.0 Å². The van der Waals surface area contributed by atoms with Crippen molar-refractivity contribution in [3.8, 4) is 5.75 Å². The molecular formula is C16H23N3O. The lowest BCUT2D eigenvalue weighted by atomic mass is 10.1. The van der Waals surface area contributed by atoms with Gasteiger partial charge in [0, 0.05) is 17.6 Å². The van der Waals surface area contributed by atoms with Crippen LogP contribution < -0.4 is 10.5 Å². The fraction of sp³-hybridized carbons (Fsp3) is 0.438. The van der Waals surface area contributed by atoms with Crippen LogP contribution in [0.2, 0.25) is 0 Å². The standard InChI is InChI=1S/C16H23N3O/c1-11(2)19-10-18-8-14(19)9-20-16-7-12(3)5-6-15(16)13(4)17/h5-8,10-11,13H,9,17H2,1-4H3. The summed E-state index contributed by atoms with van der Waals surface area (Å²) >= 11 is 0. The van der Waals surface area contributed by atoms with Crippen molar-refractivity contribution in [2.45, 2.75) is 46.4 Å². The summed E-state index contributed by atoms with van der Waals surface area (Å²) in [5.74, 6) is 0.858. The molecule has 2 N–H and O–H groups in total. The molecule has 0 spiro atoms. The van der Waals surface area contributed by atoms with E-state index in [2.05, 4.69) is 36.4 Å². The van der Waals surface area contributed by atoms with Crippen molar-refractivity contribution in [3.63, 3.8) is 0 Å². The summed E-state index contributed by atoms with van der Waals surface area (Å²) in [7, 11) is 0. The minimum Gasteiger partial charge on any atom is -0.487 e. The molecule has 108 valence electrons. The van der Waals surface area contributed by atoms with Crippen molar-refractivity contribution in [2.24, 2.45) is 5.73 Å². The summed E-state index contributed by atoms with van der Waals surface area (Å²) < 4.78 is 8.09. The van der Waals surface area contributed by atoms with Crippen molar-refractivity contribution in [1.29, 1.82) is 0 Å². The topological polar surface area (TPSA) is 53.1 Å². The minimum absolute atomic E-state index is 0.0411. The maximum atomic E-state index is 5.99. The van der Waals surface area contributed by atoms with Gasteiger partial charge in [0.25, 0.3) is 0 Å². The van der Waals surface area contributed by atoms with Crippen LogP contribution in [-0.2, 0) is 6.61 Å². The fourth-order valence-corrected chi connectivity index (χ4v) is 2.20. The lowest BCUT2D eigenvalue weighted by Gasteiger charge is -2.16. The summed E-state index contributed by atoms with van der Waals surface area (Å²) in [5.41, 5.74) is 9.26. The van der Waals surface area contributed by atoms with Crippen molar-refractivity contribution in [2.75, 3.05) is 0 Å². The first-order valence-corrected chi connectivity index (χ1v) is 6.98. The molecule has 0 amide bonds. The Morgan fingerprint density at radius 1 is 1.30 bits per heavy atom. The molecule has 4 heteroatoms. The van der Waals surface area contributed by atoms with Crippen LogP contribution in [0, 0.1) is 6.92 Å². The number of benzene rings is 1. The van der Waals surface area contributed by atoms with E-state index in [4.69, 9.17) is 10.5 Å². The second kappa shape index (κ2) is 6.09. The summed E-state index contributed by atoms with van der Waals surface area (Å²) in [6.07, 6.45) is 3.69. The molecule has 20 heavy (non-hydrogen) atoms. The van der Waals surface area contributed by atoms with E-state index < -0.39 is 0 Å². The van der Waals surface area contributed by atoms with Crippen molar-refractivity contribution >= 4 is 0 Å². The van der Waals surface area contributed by atoms with Gasteiger partial charge in [-0.25, -0.2) is 4.98 Å². The Balaban J connectivity index is 2.18. The third-order valence-electron chi connectivity index (χ3n) is 3.34. The number of rotatable bonds is 5. The Labute approximate surface area is 120 Å². The van der Waals surface area contributed by atoms with Crippen LogP contribution in [0.5, 0.6) is 5.75 Å². The van der Waals surface area contributed by atoms with Gasteiger partial charge in [0.05, 0.1) is 18.2 Å². The van der Waals surface area contributed by atoms with Crippen molar-refractivity contribution < 1.29 is 4.74 Å². The Bertz CT molecular complexity index is 573. The average molecular weight is 273 g/mol. The van der Waals surface area contributed by atoms with Crippen molar-refractivity contribution in [3.05, 3.63) is 47.5 Å². The maximum absolute atomic E-state index is 5.99. The first-order chi connectivity index (χ1) is 9.49. The lowest BCUT2D eigenvalue weighted by Crippen LogP contribution is -2.10. The number of ether oxygens (including phenoxy) is 1. The molecule has 0 saturated heterocycles. The Hall–Kier alpha value is -1.81. The monoisotopic (exact) mass is 273 g/mol. The zero-order valence-corrected chi connectivity index (χ0v) is 12.6. The number of hydrogen-bond donors (Lipinski definition) is 1. The molecule has 0 saturated carbocycles. The molecule has 2 rings (SSSR count). The van der Waals surface area contributed by atoms with Crippen LogP contribution in [-0.4, -0.2) is 9.55 Å². The SMILES string of the molecule is Cc1ccc(C(C)N)c(OCc2cncn2C(C)C)c1. The molecule has 0 aliphatic carbocycles. The minimum atomic E-state index is -0.0411. The highest BCUT2D eigenvalue weighted by Crippen LogP contribution is 2.26. The highest BCUT2D eigenvalue weighted by Gasteiger charge is 2.11. The number of nitrogens with two attached hydrogens (primary N) is 1. The fourth-order valence-electron chi connectivity index (χ4n) is 2.20. The lowest BCUT2D eigenvalue weighted by molar-refractivity contribution is 0.287. The molecule has 2 aromatic rings. The van der Waals surface area contributed by atoms with Gasteiger partial charge in [0.15, 0.2) is 0 Å². The highest BCUT2D eigenvalue weighted by atomic mass is 16.5. The van der Waals surface area contributed by atoms with E-state index in [0.29, 0.717) is 12.6 Å². The van der Waals surface area contributed by atoms with Crippen LogP contribution in [0.3, 0.4) is 0 Å². The van der Waals surface area contributed by atoms with Crippen molar-refractivity contribution in [1.82, 2.24) is 9.55 Å². The van der Waals surface area contributed by atoms with Crippen LogP contribution in [0.1, 0.15) is 49.7 Å². The van der Waals surface area contributed by atoms with Crippen LogP contribution >= 0.6 is 0 Å². The molecule has 1 atom stereocenters. The quantitative estimate of drug-likeness (QED) is 0.908. The van der Waals surface area contributed by atoms with Gasteiger partial charge in [-0.15, -0.1) is 0 Å². The predicted molar refractivity (Wildman–Crippen MR) is 80.7 cm³/mol. The van der Waals surface area contributed by atoms with E-state index in [0.717, 1.165) is 17.0 Å². The van der Waals surface area contributed by atoms with E-state index in [9.17, 15) is 0 Å². The van der Waals surface area contributed by atoms with E-state index in [1.165, 1.54) is 5.56 Å². The largest absolute Gasteiger partial charge is 0.487 e. The summed E-state index contributed by atoms with van der Waals surface area (Å²) in [5, 5.41) is 0. The number of imidazole rings is 1. The molecule has 0 bridgehead atoms. The third-order valence-corrected chi connectivity index (χ3v) is 3.34. The molecule has 0 fully saturated rings. The van der Waals surface area contributed by atoms with E-state index in [-0.39, 0.29) is 6.04 Å². The zero-order chi connectivity index (χ0) is 14.7.